The molecule has 0 aliphatic rings. The quantitative estimate of drug-likeness (QED) is 0.284. The van der Waals surface area contributed by atoms with Crippen molar-refractivity contribution in [2.45, 2.75) is 41.5 Å². The van der Waals surface area contributed by atoms with E-state index < -0.39 is 16.6 Å². The lowest BCUT2D eigenvalue weighted by Crippen LogP contribution is -2.49. The molecule has 0 aromatic carbocycles. The van der Waals surface area contributed by atoms with Crippen LogP contribution in [-0.4, -0.2) is 16.6 Å². The fourth-order valence-electron chi connectivity index (χ4n) is 2.21. The molecule has 0 aliphatic heterocycles. The van der Waals surface area contributed by atoms with Gasteiger partial charge < -0.3 is 0 Å². The SMILES string of the molecule is C=C[Si](C=C)(OO[Si](C=C)(C=C)C(=C)C(C)(C)C)C(=C)C(C)(C)C. The first kappa shape index (κ1) is 22.8. The van der Waals surface area contributed by atoms with Crippen LogP contribution >= 0.6 is 0 Å². The summed E-state index contributed by atoms with van der Waals surface area (Å²) in [5, 5.41) is 1.88. The van der Waals surface area contributed by atoms with Crippen molar-refractivity contribution < 1.29 is 9.15 Å². The molecule has 0 N–H and O–H groups in total. The zero-order valence-corrected chi connectivity index (χ0v) is 18.4. The third-order valence-corrected chi connectivity index (χ3v) is 11.0. The predicted octanol–water partition coefficient (Wildman–Crippen LogP) is 6.01. The molecule has 0 amide bonds. The summed E-state index contributed by atoms with van der Waals surface area (Å²) >= 11 is 0. The van der Waals surface area contributed by atoms with E-state index >= 15 is 0 Å². The second-order valence-electron chi connectivity index (χ2n) is 8.03. The Morgan fingerprint density at radius 3 is 0.958 bits per heavy atom. The fourth-order valence-corrected chi connectivity index (χ4v) is 7.45. The van der Waals surface area contributed by atoms with Gasteiger partial charge in [-0.25, -0.2) is 0 Å². The number of allylic oxidation sites excluding steroid dienone is 2. The van der Waals surface area contributed by atoms with Crippen LogP contribution in [0.5, 0.6) is 0 Å². The normalized spacial score (nSPS) is 13.1. The molecule has 134 valence electrons. The first-order valence-electron chi connectivity index (χ1n) is 8.07. The summed E-state index contributed by atoms with van der Waals surface area (Å²) in [5.41, 5.74) is 6.87. The van der Waals surface area contributed by atoms with Crippen molar-refractivity contribution in [2.24, 2.45) is 10.8 Å². The summed E-state index contributed by atoms with van der Waals surface area (Å²) in [7, 11) is -5.44. The smallest absolute Gasteiger partial charge is 0.281 e. The molecule has 0 aromatic rings. The van der Waals surface area contributed by atoms with Crippen LogP contribution in [0.4, 0.5) is 0 Å². The van der Waals surface area contributed by atoms with Crippen LogP contribution in [0.1, 0.15) is 41.5 Å². The van der Waals surface area contributed by atoms with Crippen LogP contribution in [0.3, 0.4) is 0 Å². The lowest BCUT2D eigenvalue weighted by molar-refractivity contribution is -0.117. The molecule has 0 bridgehead atoms. The molecule has 0 atom stereocenters. The van der Waals surface area contributed by atoms with Gasteiger partial charge in [0.15, 0.2) is 0 Å². The van der Waals surface area contributed by atoms with Crippen LogP contribution in [-0.2, 0) is 9.15 Å². The highest BCUT2D eigenvalue weighted by atomic mass is 28.4. The Morgan fingerprint density at radius 1 is 0.625 bits per heavy atom. The summed E-state index contributed by atoms with van der Waals surface area (Å²) in [4.78, 5) is 0. The molecular weight excluding hydrogens is 328 g/mol. The summed E-state index contributed by atoms with van der Waals surface area (Å²) < 4.78 is 12.1. The van der Waals surface area contributed by atoms with Crippen LogP contribution in [0.15, 0.2) is 72.7 Å². The Labute approximate surface area is 151 Å². The summed E-state index contributed by atoms with van der Waals surface area (Å²) in [5.74, 6) is 0. The van der Waals surface area contributed by atoms with E-state index in [0.29, 0.717) is 0 Å². The first-order chi connectivity index (χ1) is 10.8. The van der Waals surface area contributed by atoms with Gasteiger partial charge in [-0.1, -0.05) is 64.3 Å². The van der Waals surface area contributed by atoms with Gasteiger partial charge in [0.25, 0.3) is 0 Å². The Kier molecular flexibility index (Phi) is 7.39. The molecule has 0 fully saturated rings. The average molecular weight is 363 g/mol. The molecule has 0 heterocycles. The van der Waals surface area contributed by atoms with Gasteiger partial charge in [0.1, 0.15) is 0 Å². The maximum absolute atomic E-state index is 6.04. The molecule has 4 heteroatoms. The average Bonchev–Trinajstić information content (AvgIpc) is 2.50. The van der Waals surface area contributed by atoms with Gasteiger partial charge in [-0.15, -0.1) is 39.5 Å². The van der Waals surface area contributed by atoms with Gasteiger partial charge >= 0.3 is 16.6 Å². The molecule has 0 aromatic heterocycles. The lowest BCUT2D eigenvalue weighted by atomic mass is 9.97. The topological polar surface area (TPSA) is 18.5 Å². The van der Waals surface area contributed by atoms with Crippen LogP contribution < -0.4 is 0 Å². The van der Waals surface area contributed by atoms with Gasteiger partial charge in [0.05, 0.1) is 0 Å². The van der Waals surface area contributed by atoms with Crippen molar-refractivity contribution in [1.29, 1.82) is 0 Å². The molecule has 0 saturated carbocycles. The van der Waals surface area contributed by atoms with Gasteiger partial charge in [0, 0.05) is 0 Å². The molecule has 2 nitrogen and oxygen atoms in total. The zero-order valence-electron chi connectivity index (χ0n) is 16.4. The van der Waals surface area contributed by atoms with E-state index in [1.807, 2.05) is 0 Å². The Bertz CT molecular complexity index is 479. The second kappa shape index (κ2) is 7.78. The monoisotopic (exact) mass is 362 g/mol. The number of hydrogen-bond acceptors (Lipinski definition) is 2. The van der Waals surface area contributed by atoms with Crippen molar-refractivity contribution >= 4 is 16.6 Å². The Morgan fingerprint density at radius 2 is 0.833 bits per heavy atom. The minimum Gasteiger partial charge on any atom is -0.281 e. The van der Waals surface area contributed by atoms with Crippen molar-refractivity contribution in [1.82, 2.24) is 0 Å². The number of hydrogen-bond donors (Lipinski definition) is 0. The minimum absolute atomic E-state index is 0.147. The maximum atomic E-state index is 6.04. The highest BCUT2D eigenvalue weighted by molar-refractivity contribution is 6.92. The van der Waals surface area contributed by atoms with Gasteiger partial charge in [-0.3, -0.25) is 9.15 Å². The van der Waals surface area contributed by atoms with Crippen molar-refractivity contribution in [3.8, 4) is 0 Å². The van der Waals surface area contributed by atoms with E-state index in [-0.39, 0.29) is 10.8 Å². The standard InChI is InChI=1S/C20H34O2Si2/c1-13-23(14-2,17(5)19(7,8)9)21-22-24(15-3,16-4)18(6)20(10,11)12/h13-16H,1-6H2,7-12H3. The summed E-state index contributed by atoms with van der Waals surface area (Å²) in [6.45, 7) is 36.8. The van der Waals surface area contributed by atoms with Crippen molar-refractivity contribution in [3.63, 3.8) is 0 Å². The van der Waals surface area contributed by atoms with Crippen molar-refractivity contribution in [3.05, 3.63) is 72.7 Å². The summed E-state index contributed by atoms with van der Waals surface area (Å²) in [6.07, 6.45) is 0. The first-order valence-corrected chi connectivity index (χ1v) is 12.2. The molecular formula is C20H34O2Si2. The Hall–Kier alpha value is -1.21. The highest BCUT2D eigenvalue weighted by Crippen LogP contribution is 2.37. The molecule has 0 aliphatic carbocycles. The van der Waals surface area contributed by atoms with E-state index in [1.165, 1.54) is 0 Å². The third-order valence-electron chi connectivity index (χ3n) is 4.28. The van der Waals surface area contributed by atoms with E-state index in [2.05, 4.69) is 81.0 Å². The molecule has 0 saturated heterocycles. The highest BCUT2D eigenvalue weighted by Gasteiger charge is 2.45. The fraction of sp³-hybridized carbons (Fsp3) is 0.400. The van der Waals surface area contributed by atoms with Gasteiger partial charge in [-0.05, 0) is 21.2 Å². The van der Waals surface area contributed by atoms with Gasteiger partial charge in [-0.2, -0.15) is 0 Å². The molecule has 0 radical (unpaired) electrons. The third kappa shape index (κ3) is 4.66. The van der Waals surface area contributed by atoms with E-state index in [9.17, 15) is 0 Å². The minimum atomic E-state index is -2.72. The Balaban J connectivity index is 5.84. The van der Waals surface area contributed by atoms with E-state index in [4.69, 9.17) is 9.15 Å². The zero-order chi connectivity index (χ0) is 19.4. The van der Waals surface area contributed by atoms with Crippen molar-refractivity contribution in [2.75, 3.05) is 0 Å². The second-order valence-corrected chi connectivity index (χ2v) is 14.4. The molecule has 0 unspecified atom stereocenters. The largest absolute Gasteiger partial charge is 0.310 e. The van der Waals surface area contributed by atoms with E-state index in [1.54, 1.807) is 22.8 Å². The number of rotatable bonds is 9. The predicted molar refractivity (Wildman–Crippen MR) is 112 cm³/mol. The van der Waals surface area contributed by atoms with Crippen LogP contribution in [0, 0.1) is 10.8 Å². The molecule has 0 spiro atoms. The molecule has 0 rings (SSSR count). The molecule has 24 heavy (non-hydrogen) atoms. The van der Waals surface area contributed by atoms with Gasteiger partial charge in [0.2, 0.25) is 0 Å². The van der Waals surface area contributed by atoms with E-state index in [0.717, 1.165) is 10.4 Å². The maximum Gasteiger partial charge on any atom is 0.310 e. The van der Waals surface area contributed by atoms with Crippen LogP contribution in [0.2, 0.25) is 0 Å². The summed E-state index contributed by atoms with van der Waals surface area (Å²) in [6, 6.07) is 0. The van der Waals surface area contributed by atoms with Crippen LogP contribution in [0.25, 0.3) is 0 Å². The lowest BCUT2D eigenvalue weighted by Gasteiger charge is -2.38.